The van der Waals surface area contributed by atoms with Crippen LogP contribution in [0.5, 0.6) is 5.75 Å². The van der Waals surface area contributed by atoms with Crippen LogP contribution in [0.15, 0.2) is 42.5 Å². The molecule has 0 bridgehead atoms. The first-order valence-corrected chi connectivity index (χ1v) is 6.50. The number of rotatable bonds is 1. The molecule has 3 rings (SSSR count). The number of phenols is 1. The van der Waals surface area contributed by atoms with Crippen molar-refractivity contribution >= 4 is 5.91 Å². The van der Waals surface area contributed by atoms with Crippen LogP contribution in [0.2, 0.25) is 0 Å². The summed E-state index contributed by atoms with van der Waals surface area (Å²) < 4.78 is 13.7. The lowest BCUT2D eigenvalue weighted by molar-refractivity contribution is 0.0726. The Morgan fingerprint density at radius 3 is 2.60 bits per heavy atom. The van der Waals surface area contributed by atoms with Gasteiger partial charge in [-0.25, -0.2) is 4.39 Å². The molecule has 3 nitrogen and oxygen atoms in total. The molecule has 0 aliphatic carbocycles. The van der Waals surface area contributed by atoms with Crippen LogP contribution in [0.25, 0.3) is 0 Å². The van der Waals surface area contributed by atoms with Gasteiger partial charge in [-0.1, -0.05) is 30.3 Å². The molecule has 1 amide bonds. The van der Waals surface area contributed by atoms with Crippen LogP contribution in [0.4, 0.5) is 4.39 Å². The number of amides is 1. The monoisotopic (exact) mass is 271 g/mol. The first kappa shape index (κ1) is 12.7. The molecule has 1 heterocycles. The van der Waals surface area contributed by atoms with Gasteiger partial charge in [-0.2, -0.15) is 0 Å². The number of fused-ring (bicyclic) bond motifs is 1. The first-order valence-electron chi connectivity index (χ1n) is 6.50. The number of hydrogen-bond donors (Lipinski definition) is 1. The molecule has 20 heavy (non-hydrogen) atoms. The first-order chi connectivity index (χ1) is 9.66. The van der Waals surface area contributed by atoms with Crippen molar-refractivity contribution in [1.29, 1.82) is 0 Å². The van der Waals surface area contributed by atoms with Crippen LogP contribution in [0.3, 0.4) is 0 Å². The van der Waals surface area contributed by atoms with E-state index in [1.54, 1.807) is 4.90 Å². The highest BCUT2D eigenvalue weighted by molar-refractivity contribution is 5.97. The third-order valence-corrected chi connectivity index (χ3v) is 3.62. The maximum atomic E-state index is 13.7. The maximum absolute atomic E-state index is 13.7. The van der Waals surface area contributed by atoms with Gasteiger partial charge >= 0.3 is 0 Å². The molecule has 2 aromatic rings. The van der Waals surface area contributed by atoms with Crippen molar-refractivity contribution < 1.29 is 14.3 Å². The summed E-state index contributed by atoms with van der Waals surface area (Å²) in [6, 6.07) is 11.8. The molecule has 0 radical (unpaired) electrons. The zero-order chi connectivity index (χ0) is 14.1. The van der Waals surface area contributed by atoms with E-state index < -0.39 is 11.7 Å². The highest BCUT2D eigenvalue weighted by Gasteiger charge is 2.25. The molecule has 1 aliphatic rings. The molecule has 102 valence electrons. The number of benzene rings is 2. The van der Waals surface area contributed by atoms with E-state index in [-0.39, 0.29) is 11.3 Å². The fraction of sp³-hybridized carbons (Fsp3) is 0.188. The minimum atomic E-state index is -0.686. The van der Waals surface area contributed by atoms with E-state index in [9.17, 15) is 14.3 Å². The minimum absolute atomic E-state index is 0.244. The van der Waals surface area contributed by atoms with Crippen LogP contribution in [0, 0.1) is 5.82 Å². The number of aromatic hydroxyl groups is 1. The van der Waals surface area contributed by atoms with Gasteiger partial charge in [-0.3, -0.25) is 4.79 Å². The summed E-state index contributed by atoms with van der Waals surface area (Å²) in [7, 11) is 0. The van der Waals surface area contributed by atoms with Crippen LogP contribution < -0.4 is 0 Å². The third-order valence-electron chi connectivity index (χ3n) is 3.62. The van der Waals surface area contributed by atoms with Gasteiger partial charge in [0.2, 0.25) is 0 Å². The van der Waals surface area contributed by atoms with Crippen LogP contribution in [-0.2, 0) is 13.0 Å². The predicted octanol–water partition coefficient (Wildman–Crippen LogP) is 2.73. The van der Waals surface area contributed by atoms with Gasteiger partial charge < -0.3 is 10.0 Å². The van der Waals surface area contributed by atoms with Crippen molar-refractivity contribution in [1.82, 2.24) is 4.90 Å². The van der Waals surface area contributed by atoms with Crippen LogP contribution in [0.1, 0.15) is 21.5 Å². The molecule has 0 saturated carbocycles. The lowest BCUT2D eigenvalue weighted by atomic mass is 9.99. The zero-order valence-corrected chi connectivity index (χ0v) is 10.8. The molecule has 2 aromatic carbocycles. The van der Waals surface area contributed by atoms with Gasteiger partial charge in [-0.05, 0) is 29.7 Å². The maximum Gasteiger partial charge on any atom is 0.260 e. The Labute approximate surface area is 116 Å². The lowest BCUT2D eigenvalue weighted by Gasteiger charge is -2.29. The number of carbonyl (C=O) groups excluding carboxylic acids is 1. The molecule has 1 N–H and O–H groups in total. The van der Waals surface area contributed by atoms with Crippen molar-refractivity contribution in [3.8, 4) is 5.75 Å². The quantitative estimate of drug-likeness (QED) is 0.866. The van der Waals surface area contributed by atoms with Crippen molar-refractivity contribution in [2.75, 3.05) is 6.54 Å². The van der Waals surface area contributed by atoms with Crippen LogP contribution in [-0.4, -0.2) is 22.5 Å². The van der Waals surface area contributed by atoms with Crippen LogP contribution >= 0.6 is 0 Å². The van der Waals surface area contributed by atoms with E-state index in [1.807, 2.05) is 24.3 Å². The van der Waals surface area contributed by atoms with Gasteiger partial charge in [0.25, 0.3) is 5.91 Å². The summed E-state index contributed by atoms with van der Waals surface area (Å²) in [5.74, 6) is -1.46. The Balaban J connectivity index is 1.90. The fourth-order valence-electron chi connectivity index (χ4n) is 2.55. The molecule has 0 unspecified atom stereocenters. The smallest absolute Gasteiger partial charge is 0.260 e. The summed E-state index contributed by atoms with van der Waals surface area (Å²) in [4.78, 5) is 13.9. The Kier molecular flexibility index (Phi) is 3.14. The number of nitrogens with zero attached hydrogens (tertiary/aromatic N) is 1. The topological polar surface area (TPSA) is 40.5 Å². The van der Waals surface area contributed by atoms with E-state index in [0.717, 1.165) is 12.0 Å². The van der Waals surface area contributed by atoms with Crippen molar-refractivity contribution in [3.63, 3.8) is 0 Å². The third kappa shape index (κ3) is 2.13. The molecule has 0 fully saturated rings. The molecule has 0 spiro atoms. The fourth-order valence-corrected chi connectivity index (χ4v) is 2.55. The van der Waals surface area contributed by atoms with Gasteiger partial charge in [0.15, 0.2) is 0 Å². The van der Waals surface area contributed by atoms with E-state index in [0.29, 0.717) is 13.1 Å². The van der Waals surface area contributed by atoms with Gasteiger partial charge in [0.1, 0.15) is 17.1 Å². The molecule has 0 saturated heterocycles. The standard InChI is InChI=1S/C16H14FNO2/c17-13-6-3-7-14(19)15(13)16(20)18-9-8-11-4-1-2-5-12(11)10-18/h1-7,19H,8-10H2. The summed E-state index contributed by atoms with van der Waals surface area (Å²) in [6.45, 7) is 0.979. The number of hydrogen-bond acceptors (Lipinski definition) is 2. The molecular weight excluding hydrogens is 257 g/mol. The average Bonchev–Trinajstić information content (AvgIpc) is 2.46. The summed E-state index contributed by atoms with van der Waals surface area (Å²) in [5.41, 5.74) is 2.05. The highest BCUT2D eigenvalue weighted by atomic mass is 19.1. The summed E-state index contributed by atoms with van der Waals surface area (Å²) >= 11 is 0. The zero-order valence-electron chi connectivity index (χ0n) is 10.8. The Morgan fingerprint density at radius 1 is 1.10 bits per heavy atom. The summed E-state index contributed by atoms with van der Waals surface area (Å²) in [6.07, 6.45) is 0.747. The minimum Gasteiger partial charge on any atom is -0.507 e. The Bertz CT molecular complexity index is 649. The molecular formula is C16H14FNO2. The predicted molar refractivity (Wildman–Crippen MR) is 73.0 cm³/mol. The molecule has 1 aliphatic heterocycles. The Hall–Kier alpha value is -2.36. The number of carbonyl (C=O) groups is 1. The average molecular weight is 271 g/mol. The molecule has 4 heteroatoms. The second-order valence-electron chi connectivity index (χ2n) is 4.88. The SMILES string of the molecule is O=C(c1c(O)cccc1F)N1CCc2ccccc2C1. The van der Waals surface area contributed by atoms with E-state index in [4.69, 9.17) is 0 Å². The second-order valence-corrected chi connectivity index (χ2v) is 4.88. The highest BCUT2D eigenvalue weighted by Crippen LogP contribution is 2.25. The van der Waals surface area contributed by atoms with Crippen molar-refractivity contribution in [2.24, 2.45) is 0 Å². The summed E-state index contributed by atoms with van der Waals surface area (Å²) in [5, 5.41) is 9.70. The molecule has 0 atom stereocenters. The second kappa shape index (κ2) is 4.96. The van der Waals surface area contributed by atoms with Crippen molar-refractivity contribution in [3.05, 3.63) is 65.0 Å². The Morgan fingerprint density at radius 2 is 1.85 bits per heavy atom. The van der Waals surface area contributed by atoms with Crippen molar-refractivity contribution in [2.45, 2.75) is 13.0 Å². The van der Waals surface area contributed by atoms with Gasteiger partial charge in [-0.15, -0.1) is 0 Å². The van der Waals surface area contributed by atoms with E-state index >= 15 is 0 Å². The largest absolute Gasteiger partial charge is 0.507 e. The van der Waals surface area contributed by atoms with Gasteiger partial charge in [0, 0.05) is 13.1 Å². The van der Waals surface area contributed by atoms with Gasteiger partial charge in [0.05, 0.1) is 0 Å². The number of halogens is 1. The van der Waals surface area contributed by atoms with E-state index in [2.05, 4.69) is 0 Å². The lowest BCUT2D eigenvalue weighted by Crippen LogP contribution is -2.36. The molecule has 0 aromatic heterocycles. The normalized spacial score (nSPS) is 13.9. The van der Waals surface area contributed by atoms with E-state index in [1.165, 1.54) is 23.8 Å². The number of phenolic OH excluding ortho intramolecular Hbond substituents is 1.